The minimum atomic E-state index is 0. The van der Waals surface area contributed by atoms with Crippen molar-refractivity contribution in [1.29, 1.82) is 0 Å². The molecular weight excluding hydrogens is 290 g/mol. The summed E-state index contributed by atoms with van der Waals surface area (Å²) in [4.78, 5) is 0. The summed E-state index contributed by atoms with van der Waals surface area (Å²) in [5, 5.41) is 0. The highest BCUT2D eigenvalue weighted by atomic mass is 35.5. The van der Waals surface area contributed by atoms with Crippen LogP contribution >= 0.6 is 0 Å². The summed E-state index contributed by atoms with van der Waals surface area (Å²) < 4.78 is 1.42. The van der Waals surface area contributed by atoms with Gasteiger partial charge in [-0.1, -0.05) is 66.2 Å². The Morgan fingerprint density at radius 1 is 0.409 bits per heavy atom. The van der Waals surface area contributed by atoms with Crippen molar-refractivity contribution in [2.75, 3.05) is 26.2 Å². The summed E-state index contributed by atoms with van der Waals surface area (Å²) in [6.45, 7) is 15.1. The lowest BCUT2D eigenvalue weighted by molar-refractivity contribution is -0.928. The van der Waals surface area contributed by atoms with E-state index in [4.69, 9.17) is 0 Å². The Labute approximate surface area is 148 Å². The maximum atomic E-state index is 2.37. The number of unbranched alkanes of at least 4 members (excludes halogenated alkanes) is 8. The molecule has 0 aliphatic heterocycles. The molecule has 0 aromatic carbocycles. The van der Waals surface area contributed by atoms with Crippen LogP contribution in [0.1, 0.15) is 105 Å². The second kappa shape index (κ2) is 17.6. The summed E-state index contributed by atoms with van der Waals surface area (Å²) in [5.41, 5.74) is 0. The molecule has 0 aliphatic carbocycles. The van der Waals surface area contributed by atoms with Crippen LogP contribution in [-0.2, 0) is 0 Å². The van der Waals surface area contributed by atoms with Gasteiger partial charge in [0.2, 0.25) is 0 Å². The van der Waals surface area contributed by atoms with Crippen molar-refractivity contribution in [2.24, 2.45) is 0 Å². The van der Waals surface area contributed by atoms with Crippen molar-refractivity contribution in [2.45, 2.75) is 105 Å². The summed E-state index contributed by atoms with van der Waals surface area (Å²) in [6.07, 6.45) is 17.0. The third kappa shape index (κ3) is 12.8. The standard InChI is InChI=1S/C20H44N.ClH/c1-5-9-11-13-15-19-21(17-7-3,18-8-4)20-16-14-12-10-6-2;/h5-20H2,1-4H3;1H/q+1;/p-1. The molecule has 0 saturated carbocycles. The number of hydrogen-bond acceptors (Lipinski definition) is 0. The molecule has 0 aromatic heterocycles. The predicted octanol–water partition coefficient (Wildman–Crippen LogP) is 3.57. The molecule has 22 heavy (non-hydrogen) atoms. The Balaban J connectivity index is 0. The van der Waals surface area contributed by atoms with Gasteiger partial charge in [-0.3, -0.25) is 0 Å². The highest BCUT2D eigenvalue weighted by Crippen LogP contribution is 2.17. The molecule has 1 nitrogen and oxygen atoms in total. The Morgan fingerprint density at radius 2 is 0.773 bits per heavy atom. The number of quaternary nitrogens is 1. The molecule has 0 heterocycles. The van der Waals surface area contributed by atoms with Crippen LogP contribution in [-0.4, -0.2) is 30.7 Å². The normalized spacial score (nSPS) is 11.5. The lowest BCUT2D eigenvalue weighted by Crippen LogP contribution is -3.00. The topological polar surface area (TPSA) is 0 Å². The van der Waals surface area contributed by atoms with E-state index >= 15 is 0 Å². The molecule has 0 spiro atoms. The van der Waals surface area contributed by atoms with E-state index in [1.165, 1.54) is 108 Å². The van der Waals surface area contributed by atoms with Crippen molar-refractivity contribution < 1.29 is 16.9 Å². The largest absolute Gasteiger partial charge is 1.00 e. The fraction of sp³-hybridized carbons (Fsp3) is 1.00. The Morgan fingerprint density at radius 3 is 1.09 bits per heavy atom. The zero-order valence-corrected chi connectivity index (χ0v) is 16.9. The van der Waals surface area contributed by atoms with Crippen LogP contribution < -0.4 is 12.4 Å². The van der Waals surface area contributed by atoms with E-state index in [0.717, 1.165) is 0 Å². The molecule has 0 amide bonds. The first-order valence-electron chi connectivity index (χ1n) is 10.1. The number of hydrogen-bond donors (Lipinski definition) is 0. The van der Waals surface area contributed by atoms with Crippen molar-refractivity contribution in [3.05, 3.63) is 0 Å². The van der Waals surface area contributed by atoms with Crippen LogP contribution in [0.2, 0.25) is 0 Å². The molecule has 0 unspecified atom stereocenters. The molecule has 0 rings (SSSR count). The van der Waals surface area contributed by atoms with Crippen molar-refractivity contribution in [3.63, 3.8) is 0 Å². The fourth-order valence-corrected chi connectivity index (χ4v) is 3.72. The van der Waals surface area contributed by atoms with E-state index in [9.17, 15) is 0 Å². The van der Waals surface area contributed by atoms with Gasteiger partial charge in [0.05, 0.1) is 26.2 Å². The number of nitrogens with zero attached hydrogens (tertiary/aromatic N) is 1. The zero-order chi connectivity index (χ0) is 15.8. The average Bonchev–Trinajstić information content (AvgIpc) is 2.47. The first-order chi connectivity index (χ1) is 10.2. The average molecular weight is 334 g/mol. The van der Waals surface area contributed by atoms with Gasteiger partial charge >= 0.3 is 0 Å². The molecule has 0 saturated heterocycles. The lowest BCUT2D eigenvalue weighted by Gasteiger charge is -2.39. The minimum Gasteiger partial charge on any atom is -1.00 e. The molecule has 0 fully saturated rings. The molecule has 0 atom stereocenters. The second-order valence-corrected chi connectivity index (χ2v) is 7.06. The van der Waals surface area contributed by atoms with E-state index in [1.54, 1.807) is 0 Å². The molecule has 0 aromatic rings. The van der Waals surface area contributed by atoms with Crippen LogP contribution in [0.3, 0.4) is 0 Å². The summed E-state index contributed by atoms with van der Waals surface area (Å²) in [6, 6.07) is 0. The maximum Gasteiger partial charge on any atom is 0.0786 e. The first-order valence-corrected chi connectivity index (χ1v) is 10.1. The first kappa shape index (κ1) is 24.5. The molecule has 0 N–H and O–H groups in total. The molecule has 0 bridgehead atoms. The van der Waals surface area contributed by atoms with Gasteiger partial charge in [-0.15, -0.1) is 0 Å². The molecule has 0 aliphatic rings. The minimum absolute atomic E-state index is 0. The second-order valence-electron chi connectivity index (χ2n) is 7.06. The van der Waals surface area contributed by atoms with Crippen molar-refractivity contribution in [1.82, 2.24) is 0 Å². The van der Waals surface area contributed by atoms with Crippen LogP contribution in [0.15, 0.2) is 0 Å². The number of rotatable bonds is 16. The van der Waals surface area contributed by atoms with Gasteiger partial charge in [-0.2, -0.15) is 0 Å². The van der Waals surface area contributed by atoms with Crippen LogP contribution in [0.4, 0.5) is 0 Å². The Kier molecular flexibility index (Phi) is 19.6. The van der Waals surface area contributed by atoms with E-state index in [-0.39, 0.29) is 12.4 Å². The predicted molar refractivity (Wildman–Crippen MR) is 97.8 cm³/mol. The van der Waals surface area contributed by atoms with E-state index in [2.05, 4.69) is 27.7 Å². The summed E-state index contributed by atoms with van der Waals surface area (Å²) >= 11 is 0. The van der Waals surface area contributed by atoms with E-state index in [0.29, 0.717) is 0 Å². The van der Waals surface area contributed by atoms with Gasteiger partial charge in [-0.25, -0.2) is 0 Å². The van der Waals surface area contributed by atoms with Gasteiger partial charge in [0.15, 0.2) is 0 Å². The molecule has 0 radical (unpaired) electrons. The van der Waals surface area contributed by atoms with Crippen molar-refractivity contribution in [3.8, 4) is 0 Å². The smallest absolute Gasteiger partial charge is 0.0786 e. The molecule has 2 heteroatoms. The highest BCUT2D eigenvalue weighted by molar-refractivity contribution is 4.50. The Bertz CT molecular complexity index is 184. The van der Waals surface area contributed by atoms with E-state index < -0.39 is 0 Å². The van der Waals surface area contributed by atoms with Gasteiger partial charge in [0.1, 0.15) is 0 Å². The van der Waals surface area contributed by atoms with Crippen LogP contribution in [0, 0.1) is 0 Å². The lowest BCUT2D eigenvalue weighted by atomic mass is 10.1. The monoisotopic (exact) mass is 333 g/mol. The summed E-state index contributed by atoms with van der Waals surface area (Å²) in [5.74, 6) is 0. The van der Waals surface area contributed by atoms with Gasteiger partial charge in [0, 0.05) is 0 Å². The van der Waals surface area contributed by atoms with Crippen LogP contribution in [0.25, 0.3) is 0 Å². The van der Waals surface area contributed by atoms with Gasteiger partial charge < -0.3 is 16.9 Å². The SMILES string of the molecule is CCCCCCC[N+](CCC)(CCC)CCCCCCC.[Cl-]. The summed E-state index contributed by atoms with van der Waals surface area (Å²) in [7, 11) is 0. The van der Waals surface area contributed by atoms with Gasteiger partial charge in [0.25, 0.3) is 0 Å². The third-order valence-electron chi connectivity index (χ3n) is 4.87. The quantitative estimate of drug-likeness (QED) is 0.299. The zero-order valence-electron chi connectivity index (χ0n) is 16.1. The highest BCUT2D eigenvalue weighted by Gasteiger charge is 2.24. The fourth-order valence-electron chi connectivity index (χ4n) is 3.72. The Hall–Kier alpha value is 0.250. The molecular formula is C20H44ClN. The van der Waals surface area contributed by atoms with Crippen LogP contribution in [0.5, 0.6) is 0 Å². The third-order valence-corrected chi connectivity index (χ3v) is 4.87. The van der Waals surface area contributed by atoms with Crippen molar-refractivity contribution >= 4 is 0 Å². The maximum absolute atomic E-state index is 2.37. The van der Waals surface area contributed by atoms with Gasteiger partial charge in [-0.05, 0) is 38.5 Å². The van der Waals surface area contributed by atoms with E-state index in [1.807, 2.05) is 0 Å². The molecule has 136 valence electrons. The number of halogens is 1.